The van der Waals surface area contributed by atoms with Crippen molar-refractivity contribution >= 4 is 29.9 Å². The lowest BCUT2D eigenvalue weighted by molar-refractivity contribution is -0.154. The van der Waals surface area contributed by atoms with Crippen LogP contribution < -0.4 is 20.4 Å². The number of nitrogens with zero attached hydrogens (tertiary/aromatic N) is 2. The first-order valence-electron chi connectivity index (χ1n) is 16.7. The highest BCUT2D eigenvalue weighted by Gasteiger charge is 2.37. The number of carbonyl (C=O) groups is 4. The molecule has 0 radical (unpaired) electrons. The fourth-order valence-electron chi connectivity index (χ4n) is 5.85. The number of methoxy groups -OCH3 is 1. The summed E-state index contributed by atoms with van der Waals surface area (Å²) in [5.41, 5.74) is 6.25. The number of ether oxygens (including phenoxy) is 3. The molecular formula is C36H46N4O8. The Kier molecular flexibility index (Phi) is 14.4. The van der Waals surface area contributed by atoms with E-state index in [4.69, 9.17) is 19.4 Å². The van der Waals surface area contributed by atoms with Crippen molar-refractivity contribution in [1.82, 2.24) is 15.8 Å². The normalized spacial score (nSPS) is 19.1. The fraction of sp³-hybridized carbons (Fsp3) is 0.472. The molecule has 0 aromatic heterocycles. The Balaban J connectivity index is 1.28. The number of hydrogen-bond donors (Lipinski definition) is 3. The predicted molar refractivity (Wildman–Crippen MR) is 179 cm³/mol. The summed E-state index contributed by atoms with van der Waals surface area (Å²) >= 11 is 0. The maximum absolute atomic E-state index is 13.3. The Morgan fingerprint density at radius 3 is 2.54 bits per heavy atom. The van der Waals surface area contributed by atoms with Crippen LogP contribution in [0.4, 0.5) is 0 Å². The molecule has 1 fully saturated rings. The highest BCUT2D eigenvalue weighted by Crippen LogP contribution is 2.30. The number of amides is 3. The van der Waals surface area contributed by atoms with Gasteiger partial charge in [-0.2, -0.15) is 5.10 Å². The first-order valence-corrected chi connectivity index (χ1v) is 16.7. The molecule has 3 amide bonds. The standard InChI is InChI=1S/C36H46N4O8/c1-46-32-23-28(20-21-31(32)47-22-9-5-4-6-13-33(41)39-45)36(44)38-37-24-26-16-18-27(19-17-26)25-40-29-11-10-12-30(29)48-35(43)15-8-3-2-7-14-34(40)42/h2-3,16-21,23-24,29-30,45H,4-15,22,25H2,1H3,(H,38,44)(H,39,41)/b3-2+,37-24+/t29-,30-/m0/s1. The SMILES string of the molecule is COc1cc(C(=O)N/N=C/c2ccc(CN3C(=O)CC/C=C/CCC(=O)O[C@H]4CCC[C@@H]43)cc2)ccc1OCCCCCCC(=O)NO. The average Bonchev–Trinajstić information content (AvgIpc) is 3.55. The Bertz CT molecular complexity index is 1440. The van der Waals surface area contributed by atoms with Crippen LogP contribution in [0.1, 0.15) is 98.5 Å². The highest BCUT2D eigenvalue weighted by molar-refractivity contribution is 5.95. The van der Waals surface area contributed by atoms with Gasteiger partial charge in [0, 0.05) is 31.4 Å². The molecule has 2 atom stereocenters. The minimum absolute atomic E-state index is 0.0526. The number of unbranched alkanes of at least 4 members (excludes halogenated alkanes) is 3. The molecule has 2 aromatic carbocycles. The van der Waals surface area contributed by atoms with E-state index in [2.05, 4.69) is 10.5 Å². The lowest BCUT2D eigenvalue weighted by Crippen LogP contribution is -2.45. The smallest absolute Gasteiger partial charge is 0.306 e. The van der Waals surface area contributed by atoms with Crippen LogP contribution in [0.2, 0.25) is 0 Å². The lowest BCUT2D eigenvalue weighted by atomic mass is 10.1. The van der Waals surface area contributed by atoms with Gasteiger partial charge >= 0.3 is 5.97 Å². The minimum Gasteiger partial charge on any atom is -0.493 e. The minimum atomic E-state index is -0.407. The summed E-state index contributed by atoms with van der Waals surface area (Å²) < 4.78 is 17.0. The fourth-order valence-corrected chi connectivity index (χ4v) is 5.85. The molecule has 1 aliphatic carbocycles. The van der Waals surface area contributed by atoms with Crippen molar-refractivity contribution in [1.29, 1.82) is 0 Å². The van der Waals surface area contributed by atoms with Gasteiger partial charge in [0.05, 0.1) is 26.0 Å². The monoisotopic (exact) mass is 662 g/mol. The number of esters is 1. The maximum atomic E-state index is 13.3. The Labute approximate surface area is 281 Å². The van der Waals surface area contributed by atoms with Crippen molar-refractivity contribution in [3.05, 3.63) is 71.3 Å². The van der Waals surface area contributed by atoms with Gasteiger partial charge in [0.1, 0.15) is 6.10 Å². The molecule has 4 rings (SSSR count). The van der Waals surface area contributed by atoms with Gasteiger partial charge in [0.2, 0.25) is 11.8 Å². The number of carbonyl (C=O) groups excluding carboxylic acids is 4. The van der Waals surface area contributed by atoms with Gasteiger partial charge < -0.3 is 19.1 Å². The van der Waals surface area contributed by atoms with Crippen LogP contribution in [0.25, 0.3) is 0 Å². The molecule has 1 heterocycles. The van der Waals surface area contributed by atoms with Crippen molar-refractivity contribution in [3.8, 4) is 11.5 Å². The highest BCUT2D eigenvalue weighted by atomic mass is 16.5. The molecule has 1 saturated carbocycles. The van der Waals surface area contributed by atoms with Crippen LogP contribution in [-0.2, 0) is 25.7 Å². The number of nitrogens with one attached hydrogen (secondary N) is 2. The van der Waals surface area contributed by atoms with Gasteiger partial charge in [0.25, 0.3) is 5.91 Å². The maximum Gasteiger partial charge on any atom is 0.306 e. The molecule has 0 unspecified atom stereocenters. The van der Waals surface area contributed by atoms with E-state index in [0.717, 1.165) is 49.7 Å². The van der Waals surface area contributed by atoms with E-state index in [1.165, 1.54) is 7.11 Å². The van der Waals surface area contributed by atoms with E-state index in [0.29, 0.717) is 62.3 Å². The second-order valence-electron chi connectivity index (χ2n) is 12.0. The lowest BCUT2D eigenvalue weighted by Gasteiger charge is -2.33. The molecule has 0 saturated heterocycles. The summed E-state index contributed by atoms with van der Waals surface area (Å²) in [5.74, 6) is -0.00645. The molecule has 0 bridgehead atoms. The third-order valence-electron chi connectivity index (χ3n) is 8.45. The van der Waals surface area contributed by atoms with Crippen molar-refractivity contribution < 1.29 is 38.6 Å². The van der Waals surface area contributed by atoms with Crippen LogP contribution in [0.15, 0.2) is 59.7 Å². The van der Waals surface area contributed by atoms with Crippen LogP contribution in [-0.4, -0.2) is 65.9 Å². The predicted octanol–water partition coefficient (Wildman–Crippen LogP) is 5.22. The van der Waals surface area contributed by atoms with E-state index >= 15 is 0 Å². The molecular weight excluding hydrogens is 616 g/mol. The first kappa shape index (κ1) is 36.1. The van der Waals surface area contributed by atoms with E-state index in [9.17, 15) is 19.2 Å². The summed E-state index contributed by atoms with van der Waals surface area (Å²) in [6.45, 7) is 0.877. The number of benzene rings is 2. The van der Waals surface area contributed by atoms with E-state index < -0.39 is 5.91 Å². The number of hydroxylamine groups is 1. The molecule has 258 valence electrons. The van der Waals surface area contributed by atoms with Gasteiger partial charge in [0.15, 0.2) is 11.5 Å². The summed E-state index contributed by atoms with van der Waals surface area (Å²) in [7, 11) is 1.51. The molecule has 1 aliphatic heterocycles. The van der Waals surface area contributed by atoms with Gasteiger partial charge in [-0.15, -0.1) is 0 Å². The van der Waals surface area contributed by atoms with Gasteiger partial charge in [-0.05, 0) is 74.3 Å². The van der Waals surface area contributed by atoms with Crippen LogP contribution in [0, 0.1) is 0 Å². The van der Waals surface area contributed by atoms with E-state index in [1.807, 2.05) is 41.3 Å². The second-order valence-corrected chi connectivity index (χ2v) is 12.0. The molecule has 3 N–H and O–H groups in total. The average molecular weight is 663 g/mol. The molecule has 12 heteroatoms. The van der Waals surface area contributed by atoms with Crippen molar-refractivity contribution in [2.24, 2.45) is 5.10 Å². The van der Waals surface area contributed by atoms with Gasteiger partial charge in [-0.1, -0.05) is 49.3 Å². The Hall–Kier alpha value is -4.71. The Morgan fingerprint density at radius 1 is 1.00 bits per heavy atom. The molecule has 48 heavy (non-hydrogen) atoms. The number of rotatable bonds is 14. The van der Waals surface area contributed by atoms with Crippen LogP contribution in [0.3, 0.4) is 0 Å². The molecule has 0 spiro atoms. The first-order chi connectivity index (χ1) is 23.4. The molecule has 2 aromatic rings. The second kappa shape index (κ2) is 19.2. The third kappa shape index (κ3) is 11.2. The molecule has 12 nitrogen and oxygen atoms in total. The zero-order valence-corrected chi connectivity index (χ0v) is 27.5. The van der Waals surface area contributed by atoms with Crippen LogP contribution in [0.5, 0.6) is 11.5 Å². The summed E-state index contributed by atoms with van der Waals surface area (Å²) in [6.07, 6.45) is 13.2. The zero-order valence-electron chi connectivity index (χ0n) is 27.5. The van der Waals surface area contributed by atoms with E-state index in [1.54, 1.807) is 29.9 Å². The van der Waals surface area contributed by atoms with Crippen molar-refractivity contribution in [2.45, 2.75) is 95.7 Å². The Morgan fingerprint density at radius 2 is 1.77 bits per heavy atom. The van der Waals surface area contributed by atoms with Crippen molar-refractivity contribution in [2.75, 3.05) is 13.7 Å². The summed E-state index contributed by atoms with van der Waals surface area (Å²) in [6, 6.07) is 12.4. The van der Waals surface area contributed by atoms with Crippen molar-refractivity contribution in [3.63, 3.8) is 0 Å². The largest absolute Gasteiger partial charge is 0.493 e. The number of hydrazone groups is 1. The van der Waals surface area contributed by atoms with Gasteiger partial charge in [-0.25, -0.2) is 10.9 Å². The number of allylic oxidation sites excluding steroid dienone is 2. The topological polar surface area (TPSA) is 156 Å². The van der Waals surface area contributed by atoms with E-state index in [-0.39, 0.29) is 36.4 Å². The van der Waals surface area contributed by atoms with Crippen LogP contribution >= 0.6 is 0 Å². The quantitative estimate of drug-likeness (QED) is 0.0621. The summed E-state index contributed by atoms with van der Waals surface area (Å²) in [5, 5.41) is 12.6. The number of hydrogen-bond acceptors (Lipinski definition) is 9. The third-order valence-corrected chi connectivity index (χ3v) is 8.45. The molecule has 2 aliphatic rings. The summed E-state index contributed by atoms with van der Waals surface area (Å²) in [4.78, 5) is 51.3. The number of fused-ring (bicyclic) bond motifs is 1. The zero-order chi connectivity index (χ0) is 34.1. The van der Waals surface area contributed by atoms with Gasteiger partial charge in [-0.3, -0.25) is 24.4 Å².